The molecule has 2 unspecified atom stereocenters. The van der Waals surface area contributed by atoms with Gasteiger partial charge in [-0.2, -0.15) is 8.75 Å². The Kier molecular flexibility index (Phi) is 2.62. The third-order valence-electron chi connectivity index (χ3n) is 5.70. The number of hydrogen-bond acceptors (Lipinski definition) is 7. The first-order valence-electron chi connectivity index (χ1n) is 8.06. The van der Waals surface area contributed by atoms with Gasteiger partial charge in [0.1, 0.15) is 16.6 Å². The SMILES string of the molecule is Cc1c(-n2c(O)c3c(c2O)C2(C)OC3(C)C[C@H]2O)ccc2nsnc12. The highest BCUT2D eigenvalue weighted by Gasteiger charge is 2.64. The Labute approximate surface area is 147 Å². The van der Waals surface area contributed by atoms with Crippen molar-refractivity contribution in [3.05, 3.63) is 28.8 Å². The lowest BCUT2D eigenvalue weighted by molar-refractivity contribution is -0.0936. The first kappa shape index (κ1) is 15.1. The molecule has 130 valence electrons. The lowest BCUT2D eigenvalue weighted by Gasteiger charge is -2.25. The largest absolute Gasteiger partial charge is 0.494 e. The molecular formula is C17H17N3O4S. The Morgan fingerprint density at radius 3 is 2.68 bits per heavy atom. The van der Waals surface area contributed by atoms with Gasteiger partial charge in [-0.1, -0.05) is 0 Å². The van der Waals surface area contributed by atoms with E-state index in [0.717, 1.165) is 28.3 Å². The van der Waals surface area contributed by atoms with Gasteiger partial charge >= 0.3 is 0 Å². The topological polar surface area (TPSA) is 101 Å². The van der Waals surface area contributed by atoms with Crippen LogP contribution >= 0.6 is 11.7 Å². The van der Waals surface area contributed by atoms with Crippen LogP contribution < -0.4 is 0 Å². The summed E-state index contributed by atoms with van der Waals surface area (Å²) >= 11 is 1.13. The molecule has 0 spiro atoms. The second-order valence-corrected chi connectivity index (χ2v) is 7.76. The second kappa shape index (κ2) is 4.32. The molecule has 7 nitrogen and oxygen atoms in total. The Morgan fingerprint density at radius 1 is 1.20 bits per heavy atom. The number of aliphatic hydroxyl groups is 1. The van der Waals surface area contributed by atoms with Crippen LogP contribution in [0.5, 0.6) is 11.8 Å². The van der Waals surface area contributed by atoms with Crippen molar-refractivity contribution in [3.63, 3.8) is 0 Å². The lowest BCUT2D eigenvalue weighted by atomic mass is 9.78. The maximum Gasteiger partial charge on any atom is 0.205 e. The minimum absolute atomic E-state index is 0.0590. The molecule has 8 heteroatoms. The van der Waals surface area contributed by atoms with E-state index in [0.29, 0.717) is 23.2 Å². The number of aromatic hydroxyl groups is 2. The molecule has 1 saturated heterocycles. The van der Waals surface area contributed by atoms with Crippen LogP contribution in [0.4, 0.5) is 0 Å². The summed E-state index contributed by atoms with van der Waals surface area (Å²) in [5, 5.41) is 32.3. The zero-order valence-electron chi connectivity index (χ0n) is 13.9. The summed E-state index contributed by atoms with van der Waals surface area (Å²) in [6.07, 6.45) is -0.362. The maximum absolute atomic E-state index is 10.9. The average Bonchev–Trinajstić information content (AvgIpc) is 3.22. The van der Waals surface area contributed by atoms with Crippen molar-refractivity contribution in [2.75, 3.05) is 0 Å². The van der Waals surface area contributed by atoms with Gasteiger partial charge in [-0.15, -0.1) is 0 Å². The zero-order valence-corrected chi connectivity index (χ0v) is 14.8. The monoisotopic (exact) mass is 359 g/mol. The molecular weight excluding hydrogens is 342 g/mol. The first-order valence-corrected chi connectivity index (χ1v) is 8.79. The Bertz CT molecular complexity index is 1060. The molecule has 0 amide bonds. The molecule has 2 aliphatic heterocycles. The summed E-state index contributed by atoms with van der Waals surface area (Å²) in [5.41, 5.74) is 2.12. The summed E-state index contributed by atoms with van der Waals surface area (Å²) < 4.78 is 15.9. The number of fused-ring (bicyclic) bond motifs is 6. The van der Waals surface area contributed by atoms with E-state index < -0.39 is 17.3 Å². The highest BCUT2D eigenvalue weighted by molar-refractivity contribution is 7.00. The smallest absolute Gasteiger partial charge is 0.205 e. The van der Waals surface area contributed by atoms with Crippen LogP contribution in [0.15, 0.2) is 12.1 Å². The van der Waals surface area contributed by atoms with Gasteiger partial charge in [0.2, 0.25) is 11.8 Å². The van der Waals surface area contributed by atoms with Crippen LogP contribution in [0.1, 0.15) is 37.0 Å². The van der Waals surface area contributed by atoms with Gasteiger partial charge in [0.05, 0.1) is 40.2 Å². The molecule has 3 N–H and O–H groups in total. The molecule has 0 radical (unpaired) electrons. The molecule has 0 saturated carbocycles. The van der Waals surface area contributed by atoms with E-state index in [1.54, 1.807) is 13.0 Å². The standard InChI is InChI=1S/C17H17N3O4S/c1-7-9(5-4-8-13(7)19-25-18-8)20-14(22)11-12(15(20)23)17(3)10(21)6-16(11,2)24-17/h4-5,10,21-23H,6H2,1-3H3/t10-,16?,17?/m1/s1. The van der Waals surface area contributed by atoms with E-state index in [1.807, 2.05) is 19.9 Å². The van der Waals surface area contributed by atoms with E-state index in [1.165, 1.54) is 4.57 Å². The van der Waals surface area contributed by atoms with Crippen LogP contribution in [0, 0.1) is 6.92 Å². The third kappa shape index (κ3) is 1.58. The fourth-order valence-electron chi connectivity index (χ4n) is 4.47. The molecule has 5 rings (SSSR count). The van der Waals surface area contributed by atoms with Crippen LogP contribution in [0.2, 0.25) is 0 Å². The van der Waals surface area contributed by atoms with E-state index in [-0.39, 0.29) is 11.8 Å². The minimum atomic E-state index is -1.03. The summed E-state index contributed by atoms with van der Waals surface area (Å²) in [7, 11) is 0. The molecule has 4 heterocycles. The molecule has 0 aliphatic carbocycles. The van der Waals surface area contributed by atoms with Crippen molar-refractivity contribution in [2.24, 2.45) is 0 Å². The van der Waals surface area contributed by atoms with E-state index in [2.05, 4.69) is 8.75 Å². The van der Waals surface area contributed by atoms with Gasteiger partial charge < -0.3 is 20.1 Å². The van der Waals surface area contributed by atoms with Crippen molar-refractivity contribution in [1.82, 2.24) is 13.3 Å². The number of rotatable bonds is 1. The normalized spacial score (nSPS) is 30.3. The van der Waals surface area contributed by atoms with E-state index in [9.17, 15) is 15.3 Å². The van der Waals surface area contributed by atoms with E-state index >= 15 is 0 Å². The predicted molar refractivity (Wildman–Crippen MR) is 91.2 cm³/mol. The van der Waals surface area contributed by atoms with Gasteiger partial charge in [-0.05, 0) is 32.9 Å². The summed E-state index contributed by atoms with van der Waals surface area (Å²) in [6.45, 7) is 5.46. The van der Waals surface area contributed by atoms with Crippen molar-refractivity contribution in [2.45, 2.75) is 44.5 Å². The third-order valence-corrected chi connectivity index (χ3v) is 6.24. The predicted octanol–water partition coefficient (Wildman–Crippen LogP) is 2.43. The molecule has 1 aromatic carbocycles. The molecule has 2 bridgehead atoms. The maximum atomic E-state index is 10.9. The summed E-state index contributed by atoms with van der Waals surface area (Å²) in [6, 6.07) is 3.62. The van der Waals surface area contributed by atoms with Crippen LogP contribution in [0.3, 0.4) is 0 Å². The number of benzene rings is 1. The van der Waals surface area contributed by atoms with Gasteiger partial charge in [0.25, 0.3) is 0 Å². The fraction of sp³-hybridized carbons (Fsp3) is 0.412. The van der Waals surface area contributed by atoms with Crippen molar-refractivity contribution in [1.29, 1.82) is 0 Å². The lowest BCUT2D eigenvalue weighted by Crippen LogP contribution is -2.32. The molecule has 1 fully saturated rings. The van der Waals surface area contributed by atoms with Gasteiger partial charge in [-0.3, -0.25) is 4.57 Å². The minimum Gasteiger partial charge on any atom is -0.494 e. The number of aryl methyl sites for hydroxylation is 1. The van der Waals surface area contributed by atoms with Gasteiger partial charge in [-0.25, -0.2) is 0 Å². The van der Waals surface area contributed by atoms with Crippen molar-refractivity contribution < 1.29 is 20.1 Å². The highest BCUT2D eigenvalue weighted by atomic mass is 32.1. The molecule has 2 aliphatic rings. The Morgan fingerprint density at radius 2 is 1.92 bits per heavy atom. The summed E-state index contributed by atoms with van der Waals surface area (Å²) in [5.74, 6) is -0.167. The Hall–Kier alpha value is -2.16. The molecule has 3 aromatic rings. The quantitative estimate of drug-likeness (QED) is 0.617. The van der Waals surface area contributed by atoms with Crippen LogP contribution in [-0.4, -0.2) is 34.7 Å². The van der Waals surface area contributed by atoms with Crippen molar-refractivity contribution >= 4 is 22.8 Å². The fourth-order valence-corrected chi connectivity index (χ4v) is 5.06. The highest BCUT2D eigenvalue weighted by Crippen LogP contribution is 2.64. The first-order chi connectivity index (χ1) is 11.8. The zero-order chi connectivity index (χ0) is 17.7. The molecule has 2 aromatic heterocycles. The number of aromatic nitrogens is 3. The number of aliphatic hydroxyl groups excluding tert-OH is 1. The average molecular weight is 359 g/mol. The van der Waals surface area contributed by atoms with Gasteiger partial charge in [0.15, 0.2) is 0 Å². The van der Waals surface area contributed by atoms with Crippen LogP contribution in [0.25, 0.3) is 16.7 Å². The number of nitrogens with zero attached hydrogens (tertiary/aromatic N) is 3. The second-order valence-electron chi connectivity index (χ2n) is 7.23. The van der Waals surface area contributed by atoms with Crippen LogP contribution in [-0.2, 0) is 15.9 Å². The van der Waals surface area contributed by atoms with Gasteiger partial charge in [0, 0.05) is 12.0 Å². The van der Waals surface area contributed by atoms with E-state index in [4.69, 9.17) is 4.74 Å². The molecule has 3 atom stereocenters. The number of hydrogen-bond donors (Lipinski definition) is 3. The summed E-state index contributed by atoms with van der Waals surface area (Å²) in [4.78, 5) is 0. The van der Waals surface area contributed by atoms with Crippen molar-refractivity contribution in [3.8, 4) is 17.4 Å². The Balaban J connectivity index is 1.83. The number of ether oxygens (including phenoxy) is 1. The molecule has 25 heavy (non-hydrogen) atoms.